The van der Waals surface area contributed by atoms with Gasteiger partial charge >= 0.3 is 6.03 Å². The van der Waals surface area contributed by atoms with Crippen LogP contribution in [0.25, 0.3) is 6.08 Å². The minimum Gasteiger partial charge on any atom is -0.490 e. The van der Waals surface area contributed by atoms with Crippen LogP contribution in [0.1, 0.15) is 19.4 Å². The Morgan fingerprint density at radius 2 is 2.00 bits per heavy atom. The van der Waals surface area contributed by atoms with Crippen molar-refractivity contribution in [2.45, 2.75) is 13.8 Å². The molecule has 7 nitrogen and oxygen atoms in total. The Balaban J connectivity index is 3.26. The van der Waals surface area contributed by atoms with Gasteiger partial charge in [0.15, 0.2) is 11.5 Å². The lowest BCUT2D eigenvalue weighted by Crippen LogP contribution is -2.35. The van der Waals surface area contributed by atoms with E-state index < -0.39 is 11.9 Å². The van der Waals surface area contributed by atoms with Crippen LogP contribution in [0.4, 0.5) is 4.79 Å². The number of carbonyl (C=O) groups is 2. The molecule has 0 saturated heterocycles. The minimum atomic E-state index is -1.03. The number of primary amides is 1. The maximum atomic E-state index is 11.7. The fourth-order valence-corrected chi connectivity index (χ4v) is 2.29. The molecule has 23 heavy (non-hydrogen) atoms. The second-order valence-corrected chi connectivity index (χ2v) is 5.04. The summed E-state index contributed by atoms with van der Waals surface area (Å²) in [4.78, 5) is 22.4. The lowest BCUT2D eigenvalue weighted by atomic mass is 10.1. The third-order valence-corrected chi connectivity index (χ3v) is 3.12. The van der Waals surface area contributed by atoms with Crippen LogP contribution in [0.3, 0.4) is 0 Å². The van der Waals surface area contributed by atoms with Gasteiger partial charge in [0.25, 0.3) is 5.91 Å². The first kappa shape index (κ1) is 18.5. The third kappa shape index (κ3) is 5.30. The van der Waals surface area contributed by atoms with Crippen LogP contribution in [0.15, 0.2) is 22.2 Å². The lowest BCUT2D eigenvalue weighted by molar-refractivity contribution is -0.115. The predicted molar refractivity (Wildman–Crippen MR) is 87.8 cm³/mol. The number of imide groups is 1. The molecule has 0 saturated carbocycles. The highest BCUT2D eigenvalue weighted by Crippen LogP contribution is 2.37. The molecular formula is C15H16BrN3O4. The van der Waals surface area contributed by atoms with E-state index in [4.69, 9.17) is 20.5 Å². The Morgan fingerprint density at radius 3 is 2.52 bits per heavy atom. The van der Waals surface area contributed by atoms with Crippen molar-refractivity contribution in [2.24, 2.45) is 5.73 Å². The average molecular weight is 382 g/mol. The van der Waals surface area contributed by atoms with Crippen molar-refractivity contribution in [2.75, 3.05) is 13.2 Å². The van der Waals surface area contributed by atoms with Gasteiger partial charge in [0.05, 0.1) is 17.7 Å². The maximum absolute atomic E-state index is 11.7. The molecule has 0 heterocycles. The molecule has 8 heteroatoms. The Morgan fingerprint density at radius 1 is 1.35 bits per heavy atom. The molecule has 0 spiro atoms. The SMILES string of the molecule is CCOc1cc(/C=C(/C#N)C(=O)NC(N)=O)cc(Br)c1OCC. The number of nitrogens with one attached hydrogen (secondary N) is 1. The quantitative estimate of drug-likeness (QED) is 0.579. The molecule has 1 aromatic rings. The highest BCUT2D eigenvalue weighted by molar-refractivity contribution is 9.10. The standard InChI is InChI=1S/C15H16BrN3O4/c1-3-22-12-7-9(6-11(16)13(12)23-4-2)5-10(8-17)14(20)19-15(18)21/h5-7H,3-4H2,1-2H3,(H3,18,19,20,21)/b10-5-. The molecule has 3 amide bonds. The van der Waals surface area contributed by atoms with Crippen molar-refractivity contribution < 1.29 is 19.1 Å². The van der Waals surface area contributed by atoms with Crippen LogP contribution in [-0.4, -0.2) is 25.2 Å². The van der Waals surface area contributed by atoms with E-state index in [1.807, 2.05) is 19.2 Å². The van der Waals surface area contributed by atoms with Gasteiger partial charge in [-0.2, -0.15) is 5.26 Å². The van der Waals surface area contributed by atoms with Crippen LogP contribution >= 0.6 is 15.9 Å². The summed E-state index contributed by atoms with van der Waals surface area (Å²) < 4.78 is 11.6. The van der Waals surface area contributed by atoms with Gasteiger partial charge < -0.3 is 15.2 Å². The minimum absolute atomic E-state index is 0.262. The summed E-state index contributed by atoms with van der Waals surface area (Å²) in [6.07, 6.45) is 1.32. The van der Waals surface area contributed by atoms with Gasteiger partial charge in [-0.05, 0) is 53.5 Å². The third-order valence-electron chi connectivity index (χ3n) is 2.53. The molecule has 0 radical (unpaired) electrons. The van der Waals surface area contributed by atoms with Crippen molar-refractivity contribution in [3.63, 3.8) is 0 Å². The average Bonchev–Trinajstić information content (AvgIpc) is 2.47. The van der Waals surface area contributed by atoms with Crippen LogP contribution in [-0.2, 0) is 4.79 Å². The first-order valence-corrected chi connectivity index (χ1v) is 7.53. The zero-order valence-corrected chi connectivity index (χ0v) is 14.3. The van der Waals surface area contributed by atoms with Gasteiger partial charge in [0.1, 0.15) is 11.6 Å². The molecule has 0 bridgehead atoms. The Labute approximate surface area is 142 Å². The van der Waals surface area contributed by atoms with Gasteiger partial charge in [0.2, 0.25) is 0 Å². The number of rotatable bonds is 6. The summed E-state index contributed by atoms with van der Waals surface area (Å²) in [5.74, 6) is 0.136. The van der Waals surface area contributed by atoms with E-state index in [2.05, 4.69) is 15.9 Å². The normalized spacial score (nSPS) is 10.6. The smallest absolute Gasteiger partial charge is 0.319 e. The van der Waals surface area contributed by atoms with E-state index in [9.17, 15) is 9.59 Å². The summed E-state index contributed by atoms with van der Waals surface area (Å²) in [7, 11) is 0. The van der Waals surface area contributed by atoms with Crippen LogP contribution in [0, 0.1) is 11.3 Å². The van der Waals surface area contributed by atoms with Crippen LogP contribution < -0.4 is 20.5 Å². The zero-order valence-electron chi connectivity index (χ0n) is 12.7. The molecule has 1 rings (SSSR count). The first-order valence-electron chi connectivity index (χ1n) is 6.74. The molecule has 3 N–H and O–H groups in total. The highest BCUT2D eigenvalue weighted by atomic mass is 79.9. The molecule has 0 unspecified atom stereocenters. The number of nitrogens with zero attached hydrogens (tertiary/aromatic N) is 1. The van der Waals surface area contributed by atoms with Crippen molar-refractivity contribution in [3.05, 3.63) is 27.7 Å². The van der Waals surface area contributed by atoms with Crippen molar-refractivity contribution >= 4 is 33.9 Å². The number of carbonyl (C=O) groups excluding carboxylic acids is 2. The van der Waals surface area contributed by atoms with Gasteiger partial charge in [-0.25, -0.2) is 4.79 Å². The van der Waals surface area contributed by atoms with E-state index in [-0.39, 0.29) is 5.57 Å². The largest absolute Gasteiger partial charge is 0.490 e. The molecule has 122 valence electrons. The van der Waals surface area contributed by atoms with E-state index in [1.165, 1.54) is 6.08 Å². The monoisotopic (exact) mass is 381 g/mol. The van der Waals surface area contributed by atoms with Crippen molar-refractivity contribution in [1.29, 1.82) is 5.26 Å². The number of hydrogen-bond acceptors (Lipinski definition) is 5. The molecule has 0 aromatic heterocycles. The number of hydrogen-bond donors (Lipinski definition) is 2. The molecule has 1 aromatic carbocycles. The number of halogens is 1. The van der Waals surface area contributed by atoms with E-state index in [1.54, 1.807) is 18.2 Å². The van der Waals surface area contributed by atoms with Gasteiger partial charge in [0, 0.05) is 0 Å². The fraction of sp³-hybridized carbons (Fsp3) is 0.267. The number of amides is 3. The number of nitriles is 1. The van der Waals surface area contributed by atoms with Crippen LogP contribution in [0.2, 0.25) is 0 Å². The fourth-order valence-electron chi connectivity index (χ4n) is 1.71. The van der Waals surface area contributed by atoms with E-state index in [0.717, 1.165) is 0 Å². The number of nitrogens with two attached hydrogens (primary N) is 1. The molecule has 0 atom stereocenters. The zero-order chi connectivity index (χ0) is 17.4. The van der Waals surface area contributed by atoms with Gasteiger partial charge in [-0.1, -0.05) is 0 Å². The lowest BCUT2D eigenvalue weighted by Gasteiger charge is -2.13. The van der Waals surface area contributed by atoms with E-state index in [0.29, 0.717) is 34.7 Å². The first-order chi connectivity index (χ1) is 10.9. The Bertz CT molecular complexity index is 680. The molecule has 0 fully saturated rings. The number of benzene rings is 1. The van der Waals surface area contributed by atoms with Gasteiger partial charge in [-0.3, -0.25) is 10.1 Å². The highest BCUT2D eigenvalue weighted by Gasteiger charge is 2.14. The maximum Gasteiger partial charge on any atom is 0.319 e. The Hall–Kier alpha value is -2.53. The van der Waals surface area contributed by atoms with Crippen molar-refractivity contribution in [3.8, 4) is 17.6 Å². The topological polar surface area (TPSA) is 114 Å². The summed E-state index contributed by atoms with van der Waals surface area (Å²) in [6.45, 7) is 4.55. The predicted octanol–water partition coefficient (Wildman–Crippen LogP) is 2.35. The number of urea groups is 1. The Kier molecular flexibility index (Phi) is 7.09. The number of ether oxygens (including phenoxy) is 2. The second kappa shape index (κ2) is 8.80. The summed E-state index contributed by atoms with van der Waals surface area (Å²) >= 11 is 3.37. The second-order valence-electron chi connectivity index (χ2n) is 4.18. The molecule has 0 aliphatic rings. The summed E-state index contributed by atoms with van der Waals surface area (Å²) in [5.41, 5.74) is 5.13. The molecular weight excluding hydrogens is 366 g/mol. The summed E-state index contributed by atoms with van der Waals surface area (Å²) in [5, 5.41) is 10.9. The van der Waals surface area contributed by atoms with Gasteiger partial charge in [-0.15, -0.1) is 0 Å². The van der Waals surface area contributed by atoms with E-state index >= 15 is 0 Å². The van der Waals surface area contributed by atoms with Crippen LogP contribution in [0.5, 0.6) is 11.5 Å². The molecule has 0 aliphatic heterocycles. The summed E-state index contributed by atoms with van der Waals surface area (Å²) in [6, 6.07) is 3.99. The van der Waals surface area contributed by atoms with Crippen molar-refractivity contribution in [1.82, 2.24) is 5.32 Å². The molecule has 0 aliphatic carbocycles.